The van der Waals surface area contributed by atoms with Gasteiger partial charge in [-0.25, -0.2) is 0 Å². The maximum absolute atomic E-state index is 12.0. The maximum Gasteiger partial charge on any atom is 0.156 e. The van der Waals surface area contributed by atoms with Crippen LogP contribution >= 0.6 is 0 Å². The molecule has 0 spiro atoms. The van der Waals surface area contributed by atoms with Crippen LogP contribution in [0.25, 0.3) is 0 Å². The Bertz CT molecular complexity index is 761. The van der Waals surface area contributed by atoms with E-state index in [9.17, 15) is 9.59 Å². The lowest BCUT2D eigenvalue weighted by Gasteiger charge is -2.56. The lowest BCUT2D eigenvalue weighted by molar-refractivity contribution is -0.120. The van der Waals surface area contributed by atoms with Crippen LogP contribution in [-0.2, 0) is 9.59 Å². The van der Waals surface area contributed by atoms with E-state index in [0.717, 1.165) is 37.0 Å². The molecule has 4 unspecified atom stereocenters. The SMILES string of the molecule is CC(=O)[C@H](C)CCCC(C)[C@H]1CCC2C3C=CC4=CC(=O)CC[C@]4(C)C3CC[C@@]21C. The van der Waals surface area contributed by atoms with Crippen LogP contribution in [-0.4, -0.2) is 11.6 Å². The zero-order valence-corrected chi connectivity index (χ0v) is 19.9. The first-order valence-electron chi connectivity index (χ1n) is 12.6. The molecule has 0 aromatic rings. The first kappa shape index (κ1) is 22.0. The van der Waals surface area contributed by atoms with Gasteiger partial charge in [0.1, 0.15) is 5.78 Å². The van der Waals surface area contributed by atoms with Gasteiger partial charge >= 0.3 is 0 Å². The Morgan fingerprint density at radius 2 is 1.87 bits per heavy atom. The molecule has 0 radical (unpaired) electrons. The third-order valence-electron chi connectivity index (χ3n) is 10.3. The van der Waals surface area contributed by atoms with Crippen molar-refractivity contribution in [1.82, 2.24) is 0 Å². The topological polar surface area (TPSA) is 34.1 Å². The minimum absolute atomic E-state index is 0.210. The molecule has 0 amide bonds. The van der Waals surface area contributed by atoms with Crippen molar-refractivity contribution in [2.24, 2.45) is 46.3 Å². The molecule has 0 bridgehead atoms. The van der Waals surface area contributed by atoms with Crippen molar-refractivity contribution < 1.29 is 9.59 Å². The van der Waals surface area contributed by atoms with Gasteiger partial charge in [0, 0.05) is 12.3 Å². The number of allylic oxidation sites excluding steroid dienone is 4. The number of hydrogen-bond donors (Lipinski definition) is 0. The van der Waals surface area contributed by atoms with Gasteiger partial charge in [-0.3, -0.25) is 9.59 Å². The van der Waals surface area contributed by atoms with Crippen LogP contribution in [0.5, 0.6) is 0 Å². The van der Waals surface area contributed by atoms with Crippen molar-refractivity contribution in [1.29, 1.82) is 0 Å². The average molecular weight is 411 g/mol. The molecular weight excluding hydrogens is 368 g/mol. The van der Waals surface area contributed by atoms with Crippen molar-refractivity contribution in [3.63, 3.8) is 0 Å². The number of ketones is 2. The summed E-state index contributed by atoms with van der Waals surface area (Å²) >= 11 is 0. The number of hydrogen-bond acceptors (Lipinski definition) is 2. The lowest BCUT2D eigenvalue weighted by atomic mass is 9.48. The predicted molar refractivity (Wildman–Crippen MR) is 123 cm³/mol. The van der Waals surface area contributed by atoms with Gasteiger partial charge < -0.3 is 0 Å². The second-order valence-electron chi connectivity index (χ2n) is 11.8. The predicted octanol–water partition coefficient (Wildman–Crippen LogP) is 6.94. The maximum atomic E-state index is 12.0. The van der Waals surface area contributed by atoms with Crippen LogP contribution in [0.15, 0.2) is 23.8 Å². The molecule has 4 rings (SSSR count). The number of rotatable bonds is 6. The molecule has 0 aromatic heterocycles. The van der Waals surface area contributed by atoms with E-state index in [1.807, 2.05) is 6.08 Å². The first-order chi connectivity index (χ1) is 14.2. The average Bonchev–Trinajstić information content (AvgIpc) is 3.05. The van der Waals surface area contributed by atoms with Crippen molar-refractivity contribution in [3.05, 3.63) is 23.8 Å². The molecule has 0 heterocycles. The van der Waals surface area contributed by atoms with Gasteiger partial charge in [-0.1, -0.05) is 52.7 Å². The molecule has 166 valence electrons. The summed E-state index contributed by atoms with van der Waals surface area (Å²) in [5, 5.41) is 0. The highest BCUT2D eigenvalue weighted by Gasteiger charge is 2.58. The number of Topliss-reactive ketones (excluding diaryl/α,β-unsaturated/α-hetero) is 1. The smallest absolute Gasteiger partial charge is 0.156 e. The minimum atomic E-state index is 0.210. The van der Waals surface area contributed by atoms with Gasteiger partial charge in [0.25, 0.3) is 0 Å². The number of carbonyl (C=O) groups excluding carboxylic acids is 2. The van der Waals surface area contributed by atoms with E-state index in [2.05, 4.69) is 39.8 Å². The fourth-order valence-electron chi connectivity index (χ4n) is 8.12. The van der Waals surface area contributed by atoms with E-state index in [-0.39, 0.29) is 11.3 Å². The van der Waals surface area contributed by atoms with E-state index in [1.54, 1.807) is 6.92 Å². The molecule has 0 aromatic carbocycles. The second kappa shape index (κ2) is 8.06. The first-order valence-corrected chi connectivity index (χ1v) is 12.6. The van der Waals surface area contributed by atoms with E-state index in [0.29, 0.717) is 28.8 Å². The summed E-state index contributed by atoms with van der Waals surface area (Å²) in [5.74, 6) is 4.65. The molecule has 4 aliphatic carbocycles. The van der Waals surface area contributed by atoms with Crippen molar-refractivity contribution in [2.45, 2.75) is 92.4 Å². The number of fused-ring (bicyclic) bond motifs is 5. The second-order valence-corrected chi connectivity index (χ2v) is 11.8. The molecule has 2 heteroatoms. The van der Waals surface area contributed by atoms with E-state index in [1.165, 1.54) is 44.1 Å². The zero-order chi connectivity index (χ0) is 21.7. The van der Waals surface area contributed by atoms with Gasteiger partial charge in [0.15, 0.2) is 5.78 Å². The van der Waals surface area contributed by atoms with Crippen LogP contribution in [0, 0.1) is 46.3 Å². The van der Waals surface area contributed by atoms with Crippen molar-refractivity contribution in [2.75, 3.05) is 0 Å². The number of carbonyl (C=O) groups is 2. The molecule has 2 nitrogen and oxygen atoms in total. The van der Waals surface area contributed by atoms with Crippen LogP contribution in [0.2, 0.25) is 0 Å². The lowest BCUT2D eigenvalue weighted by Crippen LogP contribution is -2.49. The molecule has 2 fully saturated rings. The minimum Gasteiger partial charge on any atom is -0.300 e. The summed E-state index contributed by atoms with van der Waals surface area (Å²) < 4.78 is 0. The molecule has 2 saturated carbocycles. The Labute approximate surface area is 184 Å². The molecule has 4 aliphatic rings. The van der Waals surface area contributed by atoms with Gasteiger partial charge in [-0.15, -0.1) is 0 Å². The van der Waals surface area contributed by atoms with Crippen LogP contribution in [0.1, 0.15) is 92.4 Å². The molecule has 0 saturated heterocycles. The van der Waals surface area contributed by atoms with E-state index < -0.39 is 0 Å². The summed E-state index contributed by atoms with van der Waals surface area (Å²) in [6.45, 7) is 11.3. The van der Waals surface area contributed by atoms with E-state index >= 15 is 0 Å². The van der Waals surface area contributed by atoms with Crippen LogP contribution in [0.4, 0.5) is 0 Å². The molecule has 0 aliphatic heterocycles. The zero-order valence-electron chi connectivity index (χ0n) is 19.9. The summed E-state index contributed by atoms with van der Waals surface area (Å²) in [6.07, 6.45) is 17.5. The Hall–Kier alpha value is -1.18. The van der Waals surface area contributed by atoms with Gasteiger partial charge in [0.2, 0.25) is 0 Å². The highest BCUT2D eigenvalue weighted by Crippen LogP contribution is 2.66. The van der Waals surface area contributed by atoms with Crippen molar-refractivity contribution in [3.8, 4) is 0 Å². The third kappa shape index (κ3) is 3.56. The Kier molecular flexibility index (Phi) is 5.92. The molecule has 0 N–H and O–H groups in total. The normalized spacial score (nSPS) is 42.0. The summed E-state index contributed by atoms with van der Waals surface area (Å²) in [4.78, 5) is 23.6. The third-order valence-corrected chi connectivity index (χ3v) is 10.3. The van der Waals surface area contributed by atoms with Gasteiger partial charge in [-0.05, 0) is 97.5 Å². The standard InChI is InChI=1S/C28H42O2/c1-18(20(3)29)7-6-8-19(2)24-11-12-25-23-10-9-21-17-22(30)13-15-27(21,4)26(23)14-16-28(24,25)5/h9-10,17-19,23-26H,6-8,11-16H2,1-5H3/t18-,19?,23?,24-,25?,26?,27+,28-/m1/s1. The molecular formula is C28H42O2. The highest BCUT2D eigenvalue weighted by atomic mass is 16.1. The summed E-state index contributed by atoms with van der Waals surface area (Å²) in [7, 11) is 0. The fraction of sp³-hybridized carbons (Fsp3) is 0.786. The largest absolute Gasteiger partial charge is 0.300 e. The van der Waals surface area contributed by atoms with E-state index in [4.69, 9.17) is 0 Å². The summed E-state index contributed by atoms with van der Waals surface area (Å²) in [6, 6.07) is 0. The quantitative estimate of drug-likeness (QED) is 0.475. The van der Waals surface area contributed by atoms with Crippen LogP contribution < -0.4 is 0 Å². The van der Waals surface area contributed by atoms with Crippen LogP contribution in [0.3, 0.4) is 0 Å². The molecule has 30 heavy (non-hydrogen) atoms. The highest BCUT2D eigenvalue weighted by molar-refractivity contribution is 5.92. The fourth-order valence-corrected chi connectivity index (χ4v) is 8.12. The van der Waals surface area contributed by atoms with Gasteiger partial charge in [-0.2, -0.15) is 0 Å². The monoisotopic (exact) mass is 410 g/mol. The van der Waals surface area contributed by atoms with Crippen molar-refractivity contribution >= 4 is 11.6 Å². The van der Waals surface area contributed by atoms with Gasteiger partial charge in [0.05, 0.1) is 0 Å². The summed E-state index contributed by atoms with van der Waals surface area (Å²) in [5.41, 5.74) is 1.98. The Balaban J connectivity index is 1.47. The molecule has 8 atom stereocenters. The Morgan fingerprint density at radius 3 is 2.60 bits per heavy atom. The Morgan fingerprint density at radius 1 is 1.10 bits per heavy atom.